The molecule has 0 aliphatic rings. The molecule has 1 aromatic heterocycles. The fourth-order valence-corrected chi connectivity index (χ4v) is 2.61. The third kappa shape index (κ3) is 6.18. The summed E-state index contributed by atoms with van der Waals surface area (Å²) in [6.45, 7) is 8.36. The van der Waals surface area contributed by atoms with E-state index in [2.05, 4.69) is 15.4 Å². The molecule has 146 valence electrons. The van der Waals surface area contributed by atoms with Crippen molar-refractivity contribution in [3.05, 3.63) is 47.5 Å². The summed E-state index contributed by atoms with van der Waals surface area (Å²) < 4.78 is 18.1. The van der Waals surface area contributed by atoms with Crippen molar-refractivity contribution in [3.8, 4) is 0 Å². The Morgan fingerprint density at radius 2 is 1.81 bits per heavy atom. The minimum absolute atomic E-state index is 0.136. The van der Waals surface area contributed by atoms with Crippen molar-refractivity contribution in [1.82, 2.24) is 15.0 Å². The molecule has 8 heteroatoms. The predicted octanol–water partition coefficient (Wildman–Crippen LogP) is 2.54. The van der Waals surface area contributed by atoms with Crippen LogP contribution in [0.25, 0.3) is 0 Å². The van der Waals surface area contributed by atoms with E-state index in [1.54, 1.807) is 13.0 Å². The molecule has 0 fully saturated rings. The molecule has 0 aliphatic heterocycles. The van der Waals surface area contributed by atoms with Gasteiger partial charge >= 0.3 is 0 Å². The highest BCUT2D eigenvalue weighted by Gasteiger charge is 2.20. The Morgan fingerprint density at radius 1 is 1.15 bits per heavy atom. The second-order valence-electron chi connectivity index (χ2n) is 6.13. The van der Waals surface area contributed by atoms with Crippen molar-refractivity contribution in [1.29, 1.82) is 0 Å². The lowest BCUT2D eigenvalue weighted by Gasteiger charge is -2.26. The molecular formula is C19H25FN4O3. The summed E-state index contributed by atoms with van der Waals surface area (Å²) in [6, 6.07) is 6.89. The Hall–Kier alpha value is -2.74. The number of hydrogen-bond acceptors (Lipinski definition) is 5. The summed E-state index contributed by atoms with van der Waals surface area (Å²) >= 11 is 0. The van der Waals surface area contributed by atoms with Crippen LogP contribution in [0.3, 0.4) is 0 Å². The fourth-order valence-electron chi connectivity index (χ4n) is 2.61. The maximum absolute atomic E-state index is 13.1. The molecule has 1 aromatic carbocycles. The molecule has 0 saturated carbocycles. The van der Waals surface area contributed by atoms with Crippen molar-refractivity contribution in [3.63, 3.8) is 0 Å². The lowest BCUT2D eigenvalue weighted by atomic mass is 10.2. The number of aryl methyl sites for hydroxylation is 1. The van der Waals surface area contributed by atoms with Crippen LogP contribution >= 0.6 is 0 Å². The Morgan fingerprint density at radius 3 is 2.37 bits per heavy atom. The smallest absolute Gasteiger partial charge is 0.254 e. The topological polar surface area (TPSA) is 78.7 Å². The minimum Gasteiger partial charge on any atom is -0.360 e. The van der Waals surface area contributed by atoms with Crippen LogP contribution in [-0.2, 0) is 4.79 Å². The Kier molecular flexibility index (Phi) is 7.48. The zero-order chi connectivity index (χ0) is 19.8. The molecule has 0 saturated heterocycles. The fraction of sp³-hybridized carbons (Fsp3) is 0.421. The van der Waals surface area contributed by atoms with Crippen LogP contribution in [0.5, 0.6) is 0 Å². The summed E-state index contributed by atoms with van der Waals surface area (Å²) in [4.78, 5) is 28.8. The second-order valence-corrected chi connectivity index (χ2v) is 6.13. The molecule has 0 aliphatic carbocycles. The van der Waals surface area contributed by atoms with Crippen LogP contribution in [0.1, 0.15) is 30.0 Å². The average Bonchev–Trinajstić information content (AvgIpc) is 3.06. The maximum Gasteiger partial charge on any atom is 0.254 e. The largest absolute Gasteiger partial charge is 0.360 e. The van der Waals surface area contributed by atoms with Gasteiger partial charge in [-0.15, -0.1) is 0 Å². The van der Waals surface area contributed by atoms with Crippen LogP contribution in [0, 0.1) is 12.7 Å². The van der Waals surface area contributed by atoms with E-state index in [9.17, 15) is 14.0 Å². The lowest BCUT2D eigenvalue weighted by molar-refractivity contribution is -0.117. The van der Waals surface area contributed by atoms with Crippen LogP contribution in [0.15, 0.2) is 34.9 Å². The van der Waals surface area contributed by atoms with E-state index in [0.29, 0.717) is 30.2 Å². The normalized spacial score (nSPS) is 10.9. The number of carbonyl (C=O) groups excluding carboxylic acids is 2. The number of amides is 2. The third-order valence-electron chi connectivity index (χ3n) is 4.19. The summed E-state index contributed by atoms with van der Waals surface area (Å²) in [5.41, 5.74) is 0.334. The number of rotatable bonds is 9. The van der Waals surface area contributed by atoms with Gasteiger partial charge in [0.2, 0.25) is 5.91 Å². The van der Waals surface area contributed by atoms with Gasteiger partial charge in [-0.3, -0.25) is 9.59 Å². The zero-order valence-corrected chi connectivity index (χ0v) is 15.9. The molecular weight excluding hydrogens is 351 g/mol. The van der Waals surface area contributed by atoms with Crippen molar-refractivity contribution in [2.45, 2.75) is 20.8 Å². The summed E-state index contributed by atoms with van der Waals surface area (Å²) in [6.07, 6.45) is 0. The summed E-state index contributed by atoms with van der Waals surface area (Å²) in [7, 11) is 0. The molecule has 1 N–H and O–H groups in total. The Balaban J connectivity index is 2.08. The van der Waals surface area contributed by atoms with E-state index in [-0.39, 0.29) is 18.4 Å². The van der Waals surface area contributed by atoms with Gasteiger partial charge in [-0.25, -0.2) is 4.39 Å². The Bertz CT molecular complexity index is 757. The first-order chi connectivity index (χ1) is 12.9. The van der Waals surface area contributed by atoms with E-state index < -0.39 is 5.82 Å². The zero-order valence-electron chi connectivity index (χ0n) is 15.9. The van der Waals surface area contributed by atoms with Gasteiger partial charge in [0.15, 0.2) is 5.82 Å². The molecule has 2 rings (SSSR count). The van der Waals surface area contributed by atoms with E-state index in [1.807, 2.05) is 13.8 Å². The highest BCUT2D eigenvalue weighted by molar-refractivity contribution is 5.99. The number of halogens is 1. The number of benzene rings is 1. The molecule has 0 spiro atoms. The van der Waals surface area contributed by atoms with Gasteiger partial charge in [0.1, 0.15) is 18.1 Å². The number of nitrogens with zero attached hydrogens (tertiary/aromatic N) is 3. The molecule has 2 amide bonds. The molecule has 1 heterocycles. The van der Waals surface area contributed by atoms with Crippen molar-refractivity contribution < 1.29 is 18.5 Å². The number of aromatic nitrogens is 1. The van der Waals surface area contributed by atoms with Crippen LogP contribution in [-0.4, -0.2) is 59.5 Å². The number of carbonyl (C=O) groups is 2. The van der Waals surface area contributed by atoms with E-state index in [1.165, 1.54) is 29.2 Å². The highest BCUT2D eigenvalue weighted by Crippen LogP contribution is 2.10. The molecule has 0 atom stereocenters. The van der Waals surface area contributed by atoms with Gasteiger partial charge in [0.05, 0.1) is 0 Å². The number of nitrogens with one attached hydrogen (secondary N) is 1. The van der Waals surface area contributed by atoms with E-state index in [4.69, 9.17) is 4.52 Å². The molecule has 2 aromatic rings. The van der Waals surface area contributed by atoms with Crippen molar-refractivity contribution >= 4 is 17.6 Å². The summed E-state index contributed by atoms with van der Waals surface area (Å²) in [5, 5.41) is 6.33. The maximum atomic E-state index is 13.1. The predicted molar refractivity (Wildman–Crippen MR) is 100.0 cm³/mol. The average molecular weight is 376 g/mol. The van der Waals surface area contributed by atoms with Crippen LogP contribution in [0.2, 0.25) is 0 Å². The minimum atomic E-state index is -0.416. The lowest BCUT2D eigenvalue weighted by Crippen LogP contribution is -2.42. The Labute approximate surface area is 158 Å². The second kappa shape index (κ2) is 9.82. The SMILES string of the molecule is CCN(CC)CCN(CC(=O)Nc1cc(C)on1)C(=O)c1ccc(F)cc1. The number of hydrogen-bond donors (Lipinski definition) is 1. The van der Waals surface area contributed by atoms with Gasteiger partial charge < -0.3 is 19.6 Å². The summed E-state index contributed by atoms with van der Waals surface area (Å²) in [5.74, 6) is -0.242. The highest BCUT2D eigenvalue weighted by atomic mass is 19.1. The van der Waals surface area contributed by atoms with Gasteiger partial charge in [0, 0.05) is 24.7 Å². The van der Waals surface area contributed by atoms with Gasteiger partial charge in [-0.1, -0.05) is 19.0 Å². The number of anilines is 1. The monoisotopic (exact) mass is 376 g/mol. The van der Waals surface area contributed by atoms with E-state index >= 15 is 0 Å². The standard InChI is InChI=1S/C19H25FN4O3/c1-4-23(5-2)10-11-24(19(26)15-6-8-16(20)9-7-15)13-18(25)21-17-12-14(3)27-22-17/h6-9,12H,4-5,10-11,13H2,1-3H3,(H,21,22,25). The van der Waals surface area contributed by atoms with Crippen molar-refractivity contribution in [2.24, 2.45) is 0 Å². The molecule has 27 heavy (non-hydrogen) atoms. The van der Waals surface area contributed by atoms with Gasteiger partial charge in [-0.2, -0.15) is 0 Å². The van der Waals surface area contributed by atoms with Gasteiger partial charge in [0.25, 0.3) is 5.91 Å². The first kappa shape index (κ1) is 20.6. The molecule has 0 unspecified atom stereocenters. The molecule has 0 radical (unpaired) electrons. The van der Waals surface area contributed by atoms with E-state index in [0.717, 1.165) is 13.1 Å². The van der Waals surface area contributed by atoms with Crippen LogP contribution < -0.4 is 5.32 Å². The first-order valence-electron chi connectivity index (χ1n) is 8.93. The molecule has 0 bridgehead atoms. The van der Waals surface area contributed by atoms with Gasteiger partial charge in [-0.05, 0) is 44.3 Å². The third-order valence-corrected chi connectivity index (χ3v) is 4.19. The quantitative estimate of drug-likeness (QED) is 0.728. The molecule has 7 nitrogen and oxygen atoms in total. The van der Waals surface area contributed by atoms with Crippen molar-refractivity contribution in [2.75, 3.05) is 38.0 Å². The number of likely N-dealkylation sites (N-methyl/N-ethyl adjacent to an activating group) is 1. The first-order valence-corrected chi connectivity index (χ1v) is 8.93. The van der Waals surface area contributed by atoms with Crippen LogP contribution in [0.4, 0.5) is 10.2 Å².